The molecule has 0 unspecified atom stereocenters. The number of carbonyl (C=O) groups excluding carboxylic acids is 1. The Morgan fingerprint density at radius 3 is 2.83 bits per heavy atom. The maximum atomic E-state index is 12.2. The van der Waals surface area contributed by atoms with Gasteiger partial charge < -0.3 is 4.90 Å². The average molecular weight is 243 g/mol. The van der Waals surface area contributed by atoms with Gasteiger partial charge in [0, 0.05) is 31.7 Å². The number of hydrogen-bond acceptors (Lipinski definition) is 2. The van der Waals surface area contributed by atoms with Gasteiger partial charge >= 0.3 is 6.03 Å². The maximum absolute atomic E-state index is 12.2. The van der Waals surface area contributed by atoms with Crippen molar-refractivity contribution in [3.05, 3.63) is 23.9 Å². The Morgan fingerprint density at radius 1 is 1.44 bits per heavy atom. The van der Waals surface area contributed by atoms with Crippen LogP contribution in [-0.4, -0.2) is 36.1 Å². The van der Waals surface area contributed by atoms with Crippen LogP contribution in [0.5, 0.6) is 0 Å². The molecule has 18 heavy (non-hydrogen) atoms. The van der Waals surface area contributed by atoms with E-state index in [0.717, 1.165) is 6.54 Å². The molecule has 94 valence electrons. The van der Waals surface area contributed by atoms with Crippen LogP contribution >= 0.6 is 0 Å². The van der Waals surface area contributed by atoms with E-state index in [-0.39, 0.29) is 11.4 Å². The van der Waals surface area contributed by atoms with Crippen molar-refractivity contribution in [3.8, 4) is 12.3 Å². The van der Waals surface area contributed by atoms with Crippen molar-refractivity contribution >= 4 is 11.8 Å². The third-order valence-electron chi connectivity index (χ3n) is 3.01. The molecule has 1 saturated heterocycles. The minimum Gasteiger partial charge on any atom is -0.327 e. The number of carbonyl (C=O) groups is 1. The van der Waals surface area contributed by atoms with Crippen LogP contribution < -0.4 is 4.90 Å². The van der Waals surface area contributed by atoms with Gasteiger partial charge in [-0.05, 0) is 12.1 Å². The van der Waals surface area contributed by atoms with E-state index in [0.29, 0.717) is 17.9 Å². The minimum absolute atomic E-state index is 0.0199. The number of hydrogen-bond donors (Lipinski definition) is 0. The Morgan fingerprint density at radius 2 is 2.17 bits per heavy atom. The molecule has 4 heteroatoms. The molecule has 1 aromatic rings. The quantitative estimate of drug-likeness (QED) is 0.707. The lowest BCUT2D eigenvalue weighted by molar-refractivity contribution is 0.166. The van der Waals surface area contributed by atoms with Crippen LogP contribution in [0.1, 0.15) is 19.4 Å². The van der Waals surface area contributed by atoms with Gasteiger partial charge in [0.05, 0.1) is 5.56 Å². The van der Waals surface area contributed by atoms with Crippen molar-refractivity contribution in [2.24, 2.45) is 5.41 Å². The van der Waals surface area contributed by atoms with Gasteiger partial charge in [-0.15, -0.1) is 6.42 Å². The van der Waals surface area contributed by atoms with Crippen LogP contribution in [0.4, 0.5) is 10.6 Å². The lowest BCUT2D eigenvalue weighted by Gasteiger charge is -2.42. The highest BCUT2D eigenvalue weighted by molar-refractivity contribution is 5.93. The Labute approximate surface area is 108 Å². The fourth-order valence-corrected chi connectivity index (χ4v) is 2.35. The zero-order valence-electron chi connectivity index (χ0n) is 11.0. The first-order valence-corrected chi connectivity index (χ1v) is 5.89. The first-order valence-electron chi connectivity index (χ1n) is 5.89. The molecule has 1 fully saturated rings. The first-order chi connectivity index (χ1) is 8.44. The molecule has 1 aliphatic heterocycles. The summed E-state index contributed by atoms with van der Waals surface area (Å²) in [6, 6.07) is 3.53. The van der Waals surface area contributed by atoms with E-state index in [1.807, 2.05) is 0 Å². The van der Waals surface area contributed by atoms with Gasteiger partial charge in [-0.25, -0.2) is 9.78 Å². The molecule has 0 spiro atoms. The topological polar surface area (TPSA) is 36.4 Å². The Bertz CT molecular complexity index is 516. The first kappa shape index (κ1) is 12.4. The summed E-state index contributed by atoms with van der Waals surface area (Å²) < 4.78 is 0. The van der Waals surface area contributed by atoms with Crippen molar-refractivity contribution in [1.29, 1.82) is 0 Å². The third-order valence-corrected chi connectivity index (χ3v) is 3.01. The van der Waals surface area contributed by atoms with Crippen LogP contribution in [0, 0.1) is 17.8 Å². The fourth-order valence-electron chi connectivity index (χ4n) is 2.35. The molecule has 2 amide bonds. The number of nitrogens with zero attached hydrogens (tertiary/aromatic N) is 3. The molecule has 1 aliphatic rings. The summed E-state index contributed by atoms with van der Waals surface area (Å²) in [7, 11) is 1.80. The lowest BCUT2D eigenvalue weighted by atomic mass is 9.90. The van der Waals surface area contributed by atoms with Crippen LogP contribution in [0.25, 0.3) is 0 Å². The standard InChI is InChI=1S/C14H17N3O/c1-5-11-7-6-8-15-12(11)17-10-14(2,3)9-16(4)13(17)18/h1,6-8H,9-10H2,2-4H3. The fraction of sp³-hybridized carbons (Fsp3) is 0.429. The van der Waals surface area contributed by atoms with Gasteiger partial charge in [0.2, 0.25) is 0 Å². The number of terminal acetylenes is 1. The van der Waals surface area contributed by atoms with Crippen molar-refractivity contribution < 1.29 is 4.79 Å². The highest BCUT2D eigenvalue weighted by Crippen LogP contribution is 2.29. The molecular formula is C14H17N3O. The number of amides is 2. The second-order valence-corrected chi connectivity index (χ2v) is 5.41. The highest BCUT2D eigenvalue weighted by atomic mass is 16.2. The molecule has 1 aromatic heterocycles. The minimum atomic E-state index is -0.0514. The number of urea groups is 1. The van der Waals surface area contributed by atoms with Gasteiger partial charge in [-0.3, -0.25) is 4.90 Å². The average Bonchev–Trinajstić information content (AvgIpc) is 2.33. The SMILES string of the molecule is C#Cc1cccnc1N1CC(C)(C)CN(C)C1=O. The third kappa shape index (κ3) is 2.17. The van der Waals surface area contributed by atoms with Crippen LogP contribution in [0.3, 0.4) is 0 Å². The van der Waals surface area contributed by atoms with Crippen LogP contribution in [-0.2, 0) is 0 Å². The molecule has 4 nitrogen and oxygen atoms in total. The molecule has 0 aliphatic carbocycles. The van der Waals surface area contributed by atoms with Crippen molar-refractivity contribution in [2.75, 3.05) is 25.0 Å². The summed E-state index contributed by atoms with van der Waals surface area (Å²) in [4.78, 5) is 19.9. The van der Waals surface area contributed by atoms with Gasteiger partial charge in [0.25, 0.3) is 0 Å². The zero-order chi connectivity index (χ0) is 13.3. The lowest BCUT2D eigenvalue weighted by Crippen LogP contribution is -2.56. The molecule has 0 saturated carbocycles. The van der Waals surface area contributed by atoms with E-state index in [9.17, 15) is 4.79 Å². The summed E-state index contributed by atoms with van der Waals surface area (Å²) in [5, 5.41) is 0. The van der Waals surface area contributed by atoms with E-state index < -0.39 is 0 Å². The second kappa shape index (κ2) is 4.34. The molecule has 0 N–H and O–H groups in total. The summed E-state index contributed by atoms with van der Waals surface area (Å²) in [5.74, 6) is 3.15. The largest absolute Gasteiger partial charge is 0.327 e. The predicted molar refractivity (Wildman–Crippen MR) is 71.3 cm³/mol. The van der Waals surface area contributed by atoms with Crippen LogP contribution in [0.2, 0.25) is 0 Å². The normalized spacial score (nSPS) is 18.7. The number of anilines is 1. The molecule has 2 rings (SSSR count). The van der Waals surface area contributed by atoms with Gasteiger partial charge in [0.1, 0.15) is 0 Å². The Kier molecular flexibility index (Phi) is 3.00. The second-order valence-electron chi connectivity index (χ2n) is 5.41. The van der Waals surface area contributed by atoms with Crippen molar-refractivity contribution in [2.45, 2.75) is 13.8 Å². The molecule has 0 atom stereocenters. The monoisotopic (exact) mass is 243 g/mol. The van der Waals surface area contributed by atoms with Crippen molar-refractivity contribution in [3.63, 3.8) is 0 Å². The zero-order valence-corrected chi connectivity index (χ0v) is 11.0. The van der Waals surface area contributed by atoms with E-state index in [1.54, 1.807) is 35.2 Å². The molecule has 0 aromatic carbocycles. The summed E-state index contributed by atoms with van der Waals surface area (Å²) in [6.07, 6.45) is 7.12. The Balaban J connectivity index is 2.43. The van der Waals surface area contributed by atoms with E-state index in [2.05, 4.69) is 24.8 Å². The maximum Gasteiger partial charge on any atom is 0.325 e. The highest BCUT2D eigenvalue weighted by Gasteiger charge is 2.36. The molecular weight excluding hydrogens is 226 g/mol. The summed E-state index contributed by atoms with van der Waals surface area (Å²) >= 11 is 0. The smallest absolute Gasteiger partial charge is 0.325 e. The molecule has 2 heterocycles. The number of rotatable bonds is 1. The van der Waals surface area contributed by atoms with Gasteiger partial charge in [-0.1, -0.05) is 19.8 Å². The van der Waals surface area contributed by atoms with E-state index in [4.69, 9.17) is 6.42 Å². The summed E-state index contributed by atoms with van der Waals surface area (Å²) in [6.45, 7) is 5.62. The van der Waals surface area contributed by atoms with Crippen LogP contribution in [0.15, 0.2) is 18.3 Å². The molecule has 0 radical (unpaired) electrons. The summed E-state index contributed by atoms with van der Waals surface area (Å²) in [5.41, 5.74) is 0.670. The predicted octanol–water partition coefficient (Wildman–Crippen LogP) is 1.96. The number of aromatic nitrogens is 1. The van der Waals surface area contributed by atoms with Gasteiger partial charge in [-0.2, -0.15) is 0 Å². The van der Waals surface area contributed by atoms with Gasteiger partial charge in [0.15, 0.2) is 5.82 Å². The molecule has 0 bridgehead atoms. The van der Waals surface area contributed by atoms with E-state index in [1.165, 1.54) is 0 Å². The van der Waals surface area contributed by atoms with E-state index >= 15 is 0 Å². The van der Waals surface area contributed by atoms with Crippen molar-refractivity contribution in [1.82, 2.24) is 9.88 Å². The number of pyridine rings is 1. The Hall–Kier alpha value is -2.02.